The lowest BCUT2D eigenvalue weighted by Gasteiger charge is -2.30. The van der Waals surface area contributed by atoms with E-state index in [1.807, 2.05) is 0 Å². The number of hydrogen-bond donors (Lipinski definition) is 0. The van der Waals surface area contributed by atoms with Crippen LogP contribution in [-0.4, -0.2) is 0 Å². The van der Waals surface area contributed by atoms with E-state index in [0.717, 1.165) is 38.2 Å². The van der Waals surface area contributed by atoms with Crippen LogP contribution in [0.4, 0.5) is 22.0 Å². The van der Waals surface area contributed by atoms with Crippen LogP contribution < -0.4 is 0 Å². The van der Waals surface area contributed by atoms with Crippen LogP contribution in [0.25, 0.3) is 0 Å². The maximum atomic E-state index is 15.0. The van der Waals surface area contributed by atoms with Crippen LogP contribution in [0.2, 0.25) is 0 Å². The number of benzene rings is 2. The molecule has 0 bridgehead atoms. The molecule has 4 rings (SSSR count). The molecule has 162 valence electrons. The number of fused-ring (bicyclic) bond motifs is 1. The Morgan fingerprint density at radius 2 is 1.43 bits per heavy atom. The van der Waals surface area contributed by atoms with Gasteiger partial charge in [-0.05, 0) is 97.6 Å². The van der Waals surface area contributed by atoms with Crippen molar-refractivity contribution in [2.75, 3.05) is 0 Å². The minimum absolute atomic E-state index is 0.0192. The first-order valence-corrected chi connectivity index (χ1v) is 11.0. The molecule has 2 aliphatic rings. The number of hydrogen-bond acceptors (Lipinski definition) is 0. The minimum Gasteiger partial charge on any atom is -0.207 e. The molecule has 0 aliphatic heterocycles. The Morgan fingerprint density at radius 1 is 0.767 bits per heavy atom. The molecule has 2 aliphatic carbocycles. The number of rotatable bonds is 4. The van der Waals surface area contributed by atoms with Crippen molar-refractivity contribution in [1.82, 2.24) is 0 Å². The lowest BCUT2D eigenvalue weighted by molar-refractivity contribution is 0.307. The second kappa shape index (κ2) is 8.68. The Bertz CT molecular complexity index is 905. The van der Waals surface area contributed by atoms with Gasteiger partial charge in [-0.3, -0.25) is 0 Å². The molecule has 0 radical (unpaired) electrons. The zero-order valence-electron chi connectivity index (χ0n) is 17.2. The van der Waals surface area contributed by atoms with Gasteiger partial charge in [0.2, 0.25) is 0 Å². The SMILES string of the molecule is CCCC1CCC(c2cc(F)c(C3CCc4c(cc(F)c(F)c4F)C3)c(F)c2)CC1. The smallest absolute Gasteiger partial charge is 0.194 e. The molecule has 0 N–H and O–H groups in total. The summed E-state index contributed by atoms with van der Waals surface area (Å²) in [5.41, 5.74) is 1.10. The van der Waals surface area contributed by atoms with Gasteiger partial charge < -0.3 is 0 Å². The van der Waals surface area contributed by atoms with Gasteiger partial charge in [0.25, 0.3) is 0 Å². The predicted octanol–water partition coefficient (Wildman–Crippen LogP) is 7.73. The Kier molecular flexibility index (Phi) is 6.17. The summed E-state index contributed by atoms with van der Waals surface area (Å²) in [5, 5.41) is 0. The van der Waals surface area contributed by atoms with Crippen LogP contribution in [0, 0.1) is 35.0 Å². The Morgan fingerprint density at radius 3 is 2.07 bits per heavy atom. The third kappa shape index (κ3) is 4.00. The van der Waals surface area contributed by atoms with E-state index < -0.39 is 35.0 Å². The van der Waals surface area contributed by atoms with Crippen LogP contribution in [0.1, 0.15) is 86.0 Å². The molecular formula is C25H27F5. The molecule has 2 aromatic carbocycles. The summed E-state index contributed by atoms with van der Waals surface area (Å²) in [6.07, 6.45) is 6.98. The molecule has 0 spiro atoms. The molecule has 1 unspecified atom stereocenters. The average Bonchev–Trinajstić information content (AvgIpc) is 2.72. The monoisotopic (exact) mass is 422 g/mol. The van der Waals surface area contributed by atoms with Crippen LogP contribution in [0.3, 0.4) is 0 Å². The van der Waals surface area contributed by atoms with Gasteiger partial charge in [-0.2, -0.15) is 0 Å². The van der Waals surface area contributed by atoms with E-state index in [-0.39, 0.29) is 29.9 Å². The van der Waals surface area contributed by atoms with Crippen molar-refractivity contribution >= 4 is 0 Å². The van der Waals surface area contributed by atoms with Crippen molar-refractivity contribution in [2.45, 2.75) is 76.5 Å². The van der Waals surface area contributed by atoms with Crippen molar-refractivity contribution in [3.63, 3.8) is 0 Å². The molecule has 1 fully saturated rings. The summed E-state index contributed by atoms with van der Waals surface area (Å²) in [6.45, 7) is 2.18. The standard InChI is InChI=1S/C25H27F5/c1-2-3-14-4-6-15(7-5-14)17-11-20(26)23(21(27)12-17)16-8-9-19-18(10-16)13-22(28)25(30)24(19)29/h11-16H,2-10H2,1H3. The third-order valence-corrected chi connectivity index (χ3v) is 7.09. The maximum Gasteiger partial charge on any atom is 0.194 e. The normalized spacial score (nSPS) is 24.0. The van der Waals surface area contributed by atoms with Gasteiger partial charge in [-0.15, -0.1) is 0 Å². The molecule has 30 heavy (non-hydrogen) atoms. The van der Waals surface area contributed by atoms with Gasteiger partial charge >= 0.3 is 0 Å². The predicted molar refractivity (Wildman–Crippen MR) is 107 cm³/mol. The second-order valence-electron chi connectivity index (χ2n) is 8.97. The summed E-state index contributed by atoms with van der Waals surface area (Å²) in [6, 6.07) is 3.86. The van der Waals surface area contributed by atoms with Crippen LogP contribution in [-0.2, 0) is 12.8 Å². The zero-order chi connectivity index (χ0) is 21.4. The minimum atomic E-state index is -1.48. The van der Waals surface area contributed by atoms with Crippen molar-refractivity contribution in [2.24, 2.45) is 5.92 Å². The summed E-state index contributed by atoms with van der Waals surface area (Å²) < 4.78 is 71.1. The second-order valence-corrected chi connectivity index (χ2v) is 8.97. The molecule has 0 aromatic heterocycles. The van der Waals surface area contributed by atoms with E-state index >= 15 is 0 Å². The summed E-state index contributed by atoms with van der Waals surface area (Å²) in [4.78, 5) is 0. The fourth-order valence-corrected chi connectivity index (χ4v) is 5.49. The van der Waals surface area contributed by atoms with Crippen LogP contribution in [0.5, 0.6) is 0 Å². The topological polar surface area (TPSA) is 0 Å². The fourth-order valence-electron chi connectivity index (χ4n) is 5.49. The Labute approximate surface area is 174 Å². The summed E-state index contributed by atoms with van der Waals surface area (Å²) in [7, 11) is 0. The van der Waals surface area contributed by atoms with E-state index in [2.05, 4.69) is 6.92 Å². The largest absolute Gasteiger partial charge is 0.207 e. The molecule has 0 amide bonds. The zero-order valence-corrected chi connectivity index (χ0v) is 17.2. The highest BCUT2D eigenvalue weighted by Crippen LogP contribution is 2.41. The molecule has 0 saturated heterocycles. The maximum absolute atomic E-state index is 15.0. The van der Waals surface area contributed by atoms with Crippen LogP contribution >= 0.6 is 0 Å². The van der Waals surface area contributed by atoms with Crippen molar-refractivity contribution in [3.05, 3.63) is 69.5 Å². The lowest BCUT2D eigenvalue weighted by Crippen LogP contribution is -2.19. The van der Waals surface area contributed by atoms with Crippen LogP contribution in [0.15, 0.2) is 18.2 Å². The van der Waals surface area contributed by atoms with E-state index in [4.69, 9.17) is 0 Å². The average molecular weight is 422 g/mol. The van der Waals surface area contributed by atoms with Gasteiger partial charge in [-0.1, -0.05) is 19.8 Å². The number of halogens is 5. The molecule has 1 atom stereocenters. The highest BCUT2D eigenvalue weighted by Gasteiger charge is 2.31. The molecule has 1 saturated carbocycles. The first kappa shape index (κ1) is 21.3. The molecule has 0 heterocycles. The van der Waals surface area contributed by atoms with Crippen molar-refractivity contribution in [1.29, 1.82) is 0 Å². The Hall–Kier alpha value is -1.91. The first-order valence-electron chi connectivity index (χ1n) is 11.0. The lowest BCUT2D eigenvalue weighted by atomic mass is 9.76. The van der Waals surface area contributed by atoms with Crippen molar-refractivity contribution in [3.8, 4) is 0 Å². The van der Waals surface area contributed by atoms with Crippen molar-refractivity contribution < 1.29 is 22.0 Å². The highest BCUT2D eigenvalue weighted by molar-refractivity contribution is 5.38. The summed E-state index contributed by atoms with van der Waals surface area (Å²) in [5.74, 6) is -4.73. The van der Waals surface area contributed by atoms with E-state index in [1.165, 1.54) is 18.6 Å². The highest BCUT2D eigenvalue weighted by atomic mass is 19.2. The first-order chi connectivity index (χ1) is 14.4. The molecular weight excluding hydrogens is 395 g/mol. The molecule has 5 heteroatoms. The Balaban J connectivity index is 1.55. The van der Waals surface area contributed by atoms with E-state index in [1.54, 1.807) is 0 Å². The molecule has 0 nitrogen and oxygen atoms in total. The van der Waals surface area contributed by atoms with E-state index in [0.29, 0.717) is 23.5 Å². The quantitative estimate of drug-likeness (QED) is 0.349. The van der Waals surface area contributed by atoms with Gasteiger partial charge in [0.05, 0.1) is 0 Å². The summed E-state index contributed by atoms with van der Waals surface area (Å²) >= 11 is 0. The van der Waals surface area contributed by atoms with E-state index in [9.17, 15) is 22.0 Å². The van der Waals surface area contributed by atoms with Gasteiger partial charge in [0, 0.05) is 5.56 Å². The van der Waals surface area contributed by atoms with Gasteiger partial charge in [-0.25, -0.2) is 22.0 Å². The third-order valence-electron chi connectivity index (χ3n) is 7.09. The van der Waals surface area contributed by atoms with Gasteiger partial charge in [0.1, 0.15) is 11.6 Å². The van der Waals surface area contributed by atoms with Gasteiger partial charge in [0.15, 0.2) is 17.5 Å². The molecule has 2 aromatic rings. The fraction of sp³-hybridized carbons (Fsp3) is 0.520.